The van der Waals surface area contributed by atoms with Crippen LogP contribution in [-0.4, -0.2) is 48.9 Å². The Morgan fingerprint density at radius 3 is 2.50 bits per heavy atom. The van der Waals surface area contributed by atoms with E-state index in [2.05, 4.69) is 28.5 Å². The van der Waals surface area contributed by atoms with E-state index in [0.717, 1.165) is 24.5 Å². The first-order valence-corrected chi connectivity index (χ1v) is 8.97. The molecule has 0 unspecified atom stereocenters. The number of guanidine groups is 1. The highest BCUT2D eigenvalue weighted by Gasteiger charge is 2.20. The molecule has 0 spiro atoms. The molecule has 1 aliphatic rings. The van der Waals surface area contributed by atoms with Gasteiger partial charge in [0.1, 0.15) is 0 Å². The third-order valence-corrected chi connectivity index (χ3v) is 4.56. The fourth-order valence-electron chi connectivity index (χ4n) is 3.08. The molecule has 0 saturated carbocycles. The predicted octanol–water partition coefficient (Wildman–Crippen LogP) is 2.28. The zero-order chi connectivity index (χ0) is 18.4. The van der Waals surface area contributed by atoms with Gasteiger partial charge in [-0.25, -0.2) is 4.99 Å². The number of fused-ring (bicyclic) bond motifs is 1. The Kier molecular flexibility index (Phi) is 5.89. The fraction of sp³-hybridized carbons (Fsp3) is 0.333. The van der Waals surface area contributed by atoms with Gasteiger partial charge in [0.25, 0.3) is 0 Å². The molecule has 0 fully saturated rings. The van der Waals surface area contributed by atoms with Gasteiger partial charge in [-0.2, -0.15) is 0 Å². The monoisotopic (exact) mass is 350 g/mol. The summed E-state index contributed by atoms with van der Waals surface area (Å²) in [5.74, 6) is 0.827. The molecule has 26 heavy (non-hydrogen) atoms. The number of carbonyl (C=O) groups excluding carboxylic acids is 1. The van der Waals surface area contributed by atoms with Gasteiger partial charge in [-0.1, -0.05) is 54.6 Å². The lowest BCUT2D eigenvalue weighted by Gasteiger charge is -2.29. The Balaban J connectivity index is 1.56. The van der Waals surface area contributed by atoms with Crippen LogP contribution >= 0.6 is 0 Å². The van der Waals surface area contributed by atoms with Crippen molar-refractivity contribution in [3.8, 4) is 0 Å². The van der Waals surface area contributed by atoms with E-state index >= 15 is 0 Å². The highest BCUT2D eigenvalue weighted by Crippen LogP contribution is 2.18. The first-order chi connectivity index (χ1) is 12.6. The molecule has 0 aromatic heterocycles. The Morgan fingerprint density at radius 2 is 1.77 bits per heavy atom. The molecule has 5 heteroatoms. The lowest BCUT2D eigenvalue weighted by molar-refractivity contribution is -0.130. The van der Waals surface area contributed by atoms with E-state index in [1.807, 2.05) is 60.3 Å². The van der Waals surface area contributed by atoms with Crippen molar-refractivity contribution in [3.63, 3.8) is 0 Å². The number of nitrogens with zero attached hydrogens (tertiary/aromatic N) is 3. The molecule has 0 aliphatic carbocycles. The minimum absolute atomic E-state index is 0.105. The standard InChI is InChI=1S/C21H26N4O/c1-24(2)21(22-14-17-8-4-3-5-9-17)23-15-20(26)25-13-12-18-10-6-7-11-19(18)16-25/h3-11H,12-16H2,1-2H3,(H,22,23). The second kappa shape index (κ2) is 8.52. The largest absolute Gasteiger partial charge is 0.349 e. The van der Waals surface area contributed by atoms with Crippen LogP contribution in [0.4, 0.5) is 0 Å². The van der Waals surface area contributed by atoms with E-state index in [1.165, 1.54) is 11.1 Å². The topological polar surface area (TPSA) is 47.9 Å². The van der Waals surface area contributed by atoms with Crippen molar-refractivity contribution in [1.29, 1.82) is 0 Å². The van der Waals surface area contributed by atoms with E-state index in [0.29, 0.717) is 13.1 Å². The molecule has 0 radical (unpaired) electrons. The van der Waals surface area contributed by atoms with Crippen molar-refractivity contribution in [2.75, 3.05) is 27.2 Å². The maximum absolute atomic E-state index is 12.6. The summed E-state index contributed by atoms with van der Waals surface area (Å²) in [6.45, 7) is 2.31. The molecule has 0 bridgehead atoms. The highest BCUT2D eigenvalue weighted by atomic mass is 16.2. The smallest absolute Gasteiger partial charge is 0.242 e. The van der Waals surface area contributed by atoms with Crippen molar-refractivity contribution in [2.45, 2.75) is 19.5 Å². The van der Waals surface area contributed by atoms with Crippen LogP contribution in [0.1, 0.15) is 16.7 Å². The van der Waals surface area contributed by atoms with E-state index < -0.39 is 0 Å². The van der Waals surface area contributed by atoms with Crippen molar-refractivity contribution in [1.82, 2.24) is 15.1 Å². The third kappa shape index (κ3) is 4.63. The lowest BCUT2D eigenvalue weighted by atomic mass is 10.00. The Bertz CT molecular complexity index is 771. The second-order valence-electron chi connectivity index (χ2n) is 6.71. The van der Waals surface area contributed by atoms with Gasteiger partial charge in [-0.3, -0.25) is 4.79 Å². The summed E-state index contributed by atoms with van der Waals surface area (Å²) in [6.07, 6.45) is 0.921. The number of rotatable bonds is 4. The van der Waals surface area contributed by atoms with Gasteiger partial charge in [-0.15, -0.1) is 0 Å². The maximum atomic E-state index is 12.6. The van der Waals surface area contributed by atoms with Crippen LogP contribution < -0.4 is 5.32 Å². The summed E-state index contributed by atoms with van der Waals surface area (Å²) in [7, 11) is 3.86. The average molecular weight is 350 g/mol. The zero-order valence-electron chi connectivity index (χ0n) is 15.5. The van der Waals surface area contributed by atoms with E-state index in [4.69, 9.17) is 0 Å². The number of hydrogen-bond donors (Lipinski definition) is 1. The van der Waals surface area contributed by atoms with Crippen molar-refractivity contribution >= 4 is 11.9 Å². The van der Waals surface area contributed by atoms with Crippen molar-refractivity contribution in [2.24, 2.45) is 4.99 Å². The summed E-state index contributed by atoms with van der Waals surface area (Å²) < 4.78 is 0. The van der Waals surface area contributed by atoms with Crippen molar-refractivity contribution < 1.29 is 4.79 Å². The molecule has 1 N–H and O–H groups in total. The van der Waals surface area contributed by atoms with Crippen LogP contribution in [0.5, 0.6) is 0 Å². The molecule has 2 aromatic carbocycles. The lowest BCUT2D eigenvalue weighted by Crippen LogP contribution is -2.45. The predicted molar refractivity (Wildman–Crippen MR) is 105 cm³/mol. The van der Waals surface area contributed by atoms with Crippen LogP contribution in [-0.2, 0) is 24.3 Å². The molecule has 0 atom stereocenters. The van der Waals surface area contributed by atoms with Gasteiger partial charge in [0.05, 0.1) is 13.1 Å². The molecular weight excluding hydrogens is 324 g/mol. The van der Waals surface area contributed by atoms with Crippen LogP contribution in [0.15, 0.2) is 59.6 Å². The van der Waals surface area contributed by atoms with Crippen LogP contribution in [0.3, 0.4) is 0 Å². The number of benzene rings is 2. The number of nitrogens with one attached hydrogen (secondary N) is 1. The molecule has 0 saturated heterocycles. The Labute approximate surface area is 155 Å². The molecule has 136 valence electrons. The van der Waals surface area contributed by atoms with Crippen LogP contribution in [0.2, 0.25) is 0 Å². The molecule has 5 nitrogen and oxygen atoms in total. The first-order valence-electron chi connectivity index (χ1n) is 8.97. The summed E-state index contributed by atoms with van der Waals surface area (Å²) in [6, 6.07) is 18.4. The maximum Gasteiger partial charge on any atom is 0.242 e. The number of carbonyl (C=O) groups is 1. The van der Waals surface area contributed by atoms with E-state index in [9.17, 15) is 4.79 Å². The Morgan fingerprint density at radius 1 is 1.08 bits per heavy atom. The molecular formula is C21H26N4O. The third-order valence-electron chi connectivity index (χ3n) is 4.56. The highest BCUT2D eigenvalue weighted by molar-refractivity contribution is 5.86. The van der Waals surface area contributed by atoms with Gasteiger partial charge in [0.15, 0.2) is 5.96 Å². The first kappa shape index (κ1) is 18.0. The van der Waals surface area contributed by atoms with E-state index in [1.54, 1.807) is 0 Å². The number of amides is 1. The molecule has 1 aliphatic heterocycles. The van der Waals surface area contributed by atoms with Crippen LogP contribution in [0, 0.1) is 0 Å². The molecule has 2 aromatic rings. The average Bonchev–Trinajstić information content (AvgIpc) is 2.68. The van der Waals surface area contributed by atoms with Crippen molar-refractivity contribution in [3.05, 3.63) is 71.3 Å². The van der Waals surface area contributed by atoms with Gasteiger partial charge >= 0.3 is 0 Å². The van der Waals surface area contributed by atoms with Gasteiger partial charge in [-0.05, 0) is 23.1 Å². The summed E-state index contributed by atoms with van der Waals surface area (Å²) in [5.41, 5.74) is 3.74. The molecule has 1 amide bonds. The summed E-state index contributed by atoms with van der Waals surface area (Å²) in [4.78, 5) is 21.0. The minimum Gasteiger partial charge on any atom is -0.349 e. The van der Waals surface area contributed by atoms with E-state index in [-0.39, 0.29) is 12.5 Å². The molecule has 3 rings (SSSR count). The van der Waals surface area contributed by atoms with Crippen LogP contribution in [0.25, 0.3) is 0 Å². The quantitative estimate of drug-likeness (QED) is 0.680. The van der Waals surface area contributed by atoms with Gasteiger partial charge < -0.3 is 15.1 Å². The molecule has 1 heterocycles. The second-order valence-corrected chi connectivity index (χ2v) is 6.71. The number of hydrogen-bond acceptors (Lipinski definition) is 2. The number of aliphatic imine (C=N–C) groups is 1. The Hall–Kier alpha value is -2.82. The summed E-state index contributed by atoms with van der Waals surface area (Å²) >= 11 is 0. The summed E-state index contributed by atoms with van der Waals surface area (Å²) in [5, 5.41) is 3.20. The van der Waals surface area contributed by atoms with Gasteiger partial charge in [0.2, 0.25) is 5.91 Å². The zero-order valence-corrected chi connectivity index (χ0v) is 15.5. The minimum atomic E-state index is 0.105. The fourth-order valence-corrected chi connectivity index (χ4v) is 3.08. The normalized spacial score (nSPS) is 13.9. The van der Waals surface area contributed by atoms with Gasteiger partial charge in [0, 0.05) is 27.2 Å². The SMILES string of the molecule is CN(C)C(=NCc1ccccc1)NCC(=O)N1CCc2ccccc2C1.